The maximum Gasteiger partial charge on any atom is 0.272 e. The molecule has 0 aliphatic rings. The molecule has 1 atom stereocenters. The molecule has 0 saturated heterocycles. The van der Waals surface area contributed by atoms with Crippen molar-refractivity contribution in [2.24, 2.45) is 4.40 Å². The summed E-state index contributed by atoms with van der Waals surface area (Å²) in [6.07, 6.45) is 1.44. The highest BCUT2D eigenvalue weighted by Gasteiger charge is 2.26. The highest BCUT2D eigenvalue weighted by atomic mass is 79.9. The number of nitrogens with zero attached hydrogens (tertiary/aromatic N) is 2. The van der Waals surface area contributed by atoms with Gasteiger partial charge in [-0.2, -0.15) is 5.10 Å². The standard InChI is InChI=1S/C13H14BrN3O2S/c1-13(2,3)20(19)15-7-11-10-6-8(14)4-5-9(10)12(18)17-16-11/h4-7H,1-3H3,(H,17,18)/b15-7+. The molecule has 1 N–H and O–H groups in total. The van der Waals surface area contributed by atoms with Crippen molar-refractivity contribution in [1.82, 2.24) is 10.2 Å². The molecule has 2 rings (SSSR count). The Morgan fingerprint density at radius 2 is 2.10 bits per heavy atom. The number of H-pyrrole nitrogens is 1. The van der Waals surface area contributed by atoms with E-state index in [1.54, 1.807) is 18.2 Å². The van der Waals surface area contributed by atoms with Crippen LogP contribution in [-0.2, 0) is 11.4 Å². The smallest absolute Gasteiger partial charge is 0.272 e. The van der Waals surface area contributed by atoms with Crippen LogP contribution in [-0.4, -0.2) is 25.7 Å². The first kappa shape index (κ1) is 15.2. The number of rotatable bonds is 2. The van der Waals surface area contributed by atoms with E-state index in [1.165, 1.54) is 6.21 Å². The van der Waals surface area contributed by atoms with Gasteiger partial charge in [0.2, 0.25) is 0 Å². The Bertz CT molecular complexity index is 722. The summed E-state index contributed by atoms with van der Waals surface area (Å²) in [5, 5.41) is 7.56. The van der Waals surface area contributed by atoms with E-state index in [0.29, 0.717) is 16.5 Å². The van der Waals surface area contributed by atoms with Crippen LogP contribution in [0.3, 0.4) is 0 Å². The molecular weight excluding hydrogens is 342 g/mol. The van der Waals surface area contributed by atoms with Gasteiger partial charge in [-0.25, -0.2) is 5.10 Å². The van der Waals surface area contributed by atoms with Crippen molar-refractivity contribution in [3.63, 3.8) is 0 Å². The summed E-state index contributed by atoms with van der Waals surface area (Å²) in [7, 11) is 0. The number of hydrogen-bond acceptors (Lipinski definition) is 4. The molecule has 0 fully saturated rings. The van der Waals surface area contributed by atoms with Gasteiger partial charge >= 0.3 is 0 Å². The minimum atomic E-state index is -1.37. The highest BCUT2D eigenvalue weighted by Crippen LogP contribution is 2.20. The number of benzene rings is 1. The molecule has 1 aromatic carbocycles. The Balaban J connectivity index is 2.51. The van der Waals surface area contributed by atoms with E-state index < -0.39 is 16.1 Å². The van der Waals surface area contributed by atoms with Gasteiger partial charge in [-0.05, 0) is 39.0 Å². The number of nitrogens with one attached hydrogen (secondary N) is 1. The Labute approximate surface area is 127 Å². The predicted molar refractivity (Wildman–Crippen MR) is 85.6 cm³/mol. The average Bonchev–Trinajstić information content (AvgIpc) is 2.36. The van der Waals surface area contributed by atoms with Gasteiger partial charge in [0.25, 0.3) is 5.56 Å². The van der Waals surface area contributed by atoms with Gasteiger partial charge in [0.05, 0.1) is 5.39 Å². The number of aromatic amines is 1. The zero-order valence-electron chi connectivity index (χ0n) is 11.3. The molecule has 1 heterocycles. The molecule has 0 saturated carbocycles. The van der Waals surface area contributed by atoms with E-state index >= 15 is 0 Å². The fourth-order valence-corrected chi connectivity index (χ4v) is 2.39. The fourth-order valence-electron chi connectivity index (χ4n) is 1.51. The van der Waals surface area contributed by atoms with Gasteiger partial charge in [-0.1, -0.05) is 20.3 Å². The van der Waals surface area contributed by atoms with Gasteiger partial charge in [0.15, 0.2) is 0 Å². The van der Waals surface area contributed by atoms with Gasteiger partial charge < -0.3 is 4.55 Å². The molecule has 106 valence electrons. The molecule has 0 bridgehead atoms. The maximum absolute atomic E-state index is 11.9. The quantitative estimate of drug-likeness (QED) is 0.663. The molecule has 1 aromatic heterocycles. The second-order valence-electron chi connectivity index (χ2n) is 5.22. The van der Waals surface area contributed by atoms with Crippen LogP contribution in [0.25, 0.3) is 10.8 Å². The predicted octanol–water partition coefficient (Wildman–Crippen LogP) is 2.57. The van der Waals surface area contributed by atoms with Crippen molar-refractivity contribution in [3.8, 4) is 0 Å². The third kappa shape index (κ3) is 3.28. The van der Waals surface area contributed by atoms with E-state index in [9.17, 15) is 9.35 Å². The molecule has 7 heteroatoms. The highest BCUT2D eigenvalue weighted by molar-refractivity contribution is 9.10. The molecule has 20 heavy (non-hydrogen) atoms. The lowest BCUT2D eigenvalue weighted by Crippen LogP contribution is -2.26. The van der Waals surface area contributed by atoms with Crippen LogP contribution in [0.2, 0.25) is 0 Å². The fraction of sp³-hybridized carbons (Fsp3) is 0.308. The average molecular weight is 356 g/mol. The summed E-state index contributed by atoms with van der Waals surface area (Å²) in [4.78, 5) is 11.7. The first-order chi connectivity index (χ1) is 9.29. The summed E-state index contributed by atoms with van der Waals surface area (Å²) in [6, 6.07) is 5.28. The lowest BCUT2D eigenvalue weighted by Gasteiger charge is -2.17. The molecule has 5 nitrogen and oxygen atoms in total. The number of halogens is 1. The minimum absolute atomic E-state index is 0.262. The third-order valence-electron chi connectivity index (χ3n) is 2.57. The summed E-state index contributed by atoms with van der Waals surface area (Å²) < 4.78 is 16.3. The second kappa shape index (κ2) is 5.67. The lowest BCUT2D eigenvalue weighted by molar-refractivity contribution is 0.562. The molecule has 0 spiro atoms. The van der Waals surface area contributed by atoms with Crippen molar-refractivity contribution in [2.45, 2.75) is 25.5 Å². The van der Waals surface area contributed by atoms with Crippen LogP contribution < -0.4 is 5.56 Å². The van der Waals surface area contributed by atoms with Gasteiger partial charge in [0, 0.05) is 9.86 Å². The first-order valence-electron chi connectivity index (χ1n) is 5.93. The molecule has 0 radical (unpaired) electrons. The zero-order valence-corrected chi connectivity index (χ0v) is 13.7. The van der Waals surface area contributed by atoms with E-state index in [-0.39, 0.29) is 5.56 Å². The van der Waals surface area contributed by atoms with E-state index in [4.69, 9.17) is 0 Å². The van der Waals surface area contributed by atoms with Gasteiger partial charge in [-0.15, -0.1) is 0 Å². The molecule has 2 aromatic rings. The van der Waals surface area contributed by atoms with Crippen molar-refractivity contribution >= 4 is 44.3 Å². The van der Waals surface area contributed by atoms with Crippen LogP contribution in [0.1, 0.15) is 26.5 Å². The number of fused-ring (bicyclic) bond motifs is 1. The van der Waals surface area contributed by atoms with Crippen molar-refractivity contribution in [3.05, 3.63) is 38.7 Å². The maximum atomic E-state index is 11.9. The largest absolute Gasteiger partial charge is 0.591 e. The third-order valence-corrected chi connectivity index (χ3v) is 4.41. The normalized spacial score (nSPS) is 14.1. The van der Waals surface area contributed by atoms with Gasteiger partial charge in [0.1, 0.15) is 28.0 Å². The number of hydrogen-bond donors (Lipinski definition) is 1. The van der Waals surface area contributed by atoms with E-state index in [2.05, 4.69) is 30.5 Å². The Hall–Kier alpha value is -1.18. The summed E-state index contributed by atoms with van der Waals surface area (Å²) >= 11 is 1.99. The summed E-state index contributed by atoms with van der Waals surface area (Å²) in [5.41, 5.74) is 0.222. The van der Waals surface area contributed by atoms with Crippen molar-refractivity contribution in [2.75, 3.05) is 0 Å². The first-order valence-corrected chi connectivity index (χ1v) is 7.83. The van der Waals surface area contributed by atoms with Crippen LogP contribution in [0.5, 0.6) is 0 Å². The number of aromatic nitrogens is 2. The monoisotopic (exact) mass is 355 g/mol. The molecular formula is C13H14BrN3O2S. The molecule has 0 amide bonds. The van der Waals surface area contributed by atoms with E-state index in [1.807, 2.05) is 20.8 Å². The van der Waals surface area contributed by atoms with Crippen LogP contribution >= 0.6 is 15.9 Å². The Kier molecular flexibility index (Phi) is 4.31. The lowest BCUT2D eigenvalue weighted by atomic mass is 10.1. The Morgan fingerprint density at radius 1 is 1.40 bits per heavy atom. The molecule has 1 unspecified atom stereocenters. The summed E-state index contributed by atoms with van der Waals surface area (Å²) in [5.74, 6) is 0. The molecule has 0 aliphatic carbocycles. The zero-order chi connectivity index (χ0) is 14.9. The van der Waals surface area contributed by atoms with Gasteiger partial charge in [-0.3, -0.25) is 4.79 Å². The molecule has 0 aliphatic heterocycles. The van der Waals surface area contributed by atoms with Crippen LogP contribution in [0, 0.1) is 0 Å². The van der Waals surface area contributed by atoms with Crippen molar-refractivity contribution in [1.29, 1.82) is 0 Å². The van der Waals surface area contributed by atoms with Crippen LogP contribution in [0.15, 0.2) is 31.9 Å². The second-order valence-corrected chi connectivity index (χ2v) is 8.07. The van der Waals surface area contributed by atoms with Crippen molar-refractivity contribution < 1.29 is 4.55 Å². The summed E-state index contributed by atoms with van der Waals surface area (Å²) in [6.45, 7) is 5.53. The Morgan fingerprint density at radius 3 is 2.75 bits per heavy atom. The topological polar surface area (TPSA) is 81.2 Å². The van der Waals surface area contributed by atoms with Crippen LogP contribution in [0.4, 0.5) is 0 Å². The van der Waals surface area contributed by atoms with E-state index in [0.717, 1.165) is 4.47 Å². The SMILES string of the molecule is CC(C)(C)[S+]([O-])/N=C/c1n[nH]c(=O)c2ccc(Br)cc12. The minimum Gasteiger partial charge on any atom is -0.591 e.